The molecule has 0 aliphatic heterocycles. The van der Waals surface area contributed by atoms with Gasteiger partial charge in [0.25, 0.3) is 6.47 Å². The monoisotopic (exact) mass is 374 g/mol. The van der Waals surface area contributed by atoms with Crippen molar-refractivity contribution in [3.05, 3.63) is 0 Å². The number of hydrogen-bond acceptors (Lipinski definition) is 1. The molecule has 0 aromatic carbocycles. The van der Waals surface area contributed by atoms with E-state index in [1.807, 2.05) is 0 Å². The van der Waals surface area contributed by atoms with Crippen LogP contribution in [0.15, 0.2) is 0 Å². The molecular formula is C24H54O2. The van der Waals surface area contributed by atoms with Crippen molar-refractivity contribution in [2.24, 2.45) is 11.8 Å². The average Bonchev–Trinajstić information content (AvgIpc) is 2.99. The molecule has 1 rings (SSSR count). The second-order valence-electron chi connectivity index (χ2n) is 7.32. The van der Waals surface area contributed by atoms with E-state index in [9.17, 15) is 0 Å². The number of hydrogen-bond donors (Lipinski definition) is 1. The van der Waals surface area contributed by atoms with Crippen LogP contribution in [-0.2, 0) is 4.79 Å². The SMILES string of the molecule is C.C.C.CCCCCCCCC1CCC[C@@H]1CCCCCCC.O=CO. The predicted molar refractivity (Wildman–Crippen MR) is 121 cm³/mol. The van der Waals surface area contributed by atoms with Crippen molar-refractivity contribution in [2.45, 2.75) is 139 Å². The summed E-state index contributed by atoms with van der Waals surface area (Å²) in [5, 5.41) is 6.89. The fraction of sp³-hybridized carbons (Fsp3) is 0.958. The first kappa shape index (κ1) is 33.1. The Morgan fingerprint density at radius 1 is 0.692 bits per heavy atom. The van der Waals surface area contributed by atoms with E-state index in [0.717, 1.165) is 11.8 Å². The van der Waals surface area contributed by atoms with Gasteiger partial charge in [-0.25, -0.2) is 0 Å². The largest absolute Gasteiger partial charge is 0.483 e. The van der Waals surface area contributed by atoms with Gasteiger partial charge in [-0.3, -0.25) is 4.79 Å². The first-order valence-electron chi connectivity index (χ1n) is 10.4. The van der Waals surface area contributed by atoms with Crippen molar-refractivity contribution in [3.63, 3.8) is 0 Å². The van der Waals surface area contributed by atoms with Crippen LogP contribution in [0.5, 0.6) is 0 Å². The van der Waals surface area contributed by atoms with E-state index in [-0.39, 0.29) is 28.8 Å². The molecule has 0 aromatic heterocycles. The third kappa shape index (κ3) is 19.8. The van der Waals surface area contributed by atoms with Crippen LogP contribution in [0.2, 0.25) is 0 Å². The lowest BCUT2D eigenvalue weighted by atomic mass is 9.86. The first-order chi connectivity index (χ1) is 11.3. The zero-order chi connectivity index (χ0) is 17.2. The fourth-order valence-electron chi connectivity index (χ4n) is 4.07. The van der Waals surface area contributed by atoms with E-state index in [0.29, 0.717) is 0 Å². The van der Waals surface area contributed by atoms with Gasteiger partial charge in [-0.1, -0.05) is 139 Å². The van der Waals surface area contributed by atoms with E-state index in [1.54, 1.807) is 25.7 Å². The summed E-state index contributed by atoms with van der Waals surface area (Å²) in [7, 11) is 0. The topological polar surface area (TPSA) is 37.3 Å². The summed E-state index contributed by atoms with van der Waals surface area (Å²) in [4.78, 5) is 8.36. The van der Waals surface area contributed by atoms with E-state index in [1.165, 1.54) is 77.0 Å². The molecule has 162 valence electrons. The van der Waals surface area contributed by atoms with Crippen LogP contribution < -0.4 is 0 Å². The van der Waals surface area contributed by atoms with Gasteiger partial charge >= 0.3 is 0 Å². The van der Waals surface area contributed by atoms with Gasteiger partial charge in [0.2, 0.25) is 0 Å². The van der Waals surface area contributed by atoms with Crippen molar-refractivity contribution in [1.29, 1.82) is 0 Å². The maximum absolute atomic E-state index is 8.36. The minimum absolute atomic E-state index is 0. The predicted octanol–water partition coefficient (Wildman–Crippen LogP) is 9.12. The molecule has 0 bridgehead atoms. The molecule has 1 fully saturated rings. The van der Waals surface area contributed by atoms with Crippen molar-refractivity contribution in [3.8, 4) is 0 Å². The molecule has 2 nitrogen and oxygen atoms in total. The normalized spacial score (nSPS) is 17.8. The summed E-state index contributed by atoms with van der Waals surface area (Å²) < 4.78 is 0. The number of carboxylic acid groups (broad SMARTS) is 1. The summed E-state index contributed by atoms with van der Waals surface area (Å²) in [5.41, 5.74) is 0. The van der Waals surface area contributed by atoms with Gasteiger partial charge in [-0.15, -0.1) is 0 Å². The molecule has 0 saturated heterocycles. The molecule has 0 aromatic rings. The van der Waals surface area contributed by atoms with Crippen LogP contribution in [0, 0.1) is 11.8 Å². The zero-order valence-corrected chi connectivity index (χ0v) is 15.9. The third-order valence-corrected chi connectivity index (χ3v) is 5.42. The summed E-state index contributed by atoms with van der Waals surface area (Å²) in [6.07, 6.45) is 23.8. The summed E-state index contributed by atoms with van der Waals surface area (Å²) >= 11 is 0. The van der Waals surface area contributed by atoms with Crippen LogP contribution in [0.1, 0.15) is 139 Å². The van der Waals surface area contributed by atoms with E-state index in [4.69, 9.17) is 9.90 Å². The standard InChI is InChI=1S/C20H40.CH2O2.3CH4/c1-3-5-7-9-11-13-16-20-18-14-17-19(20)15-12-10-8-6-4-2;2-1-3;;;/h19-20H,3-18H2,1-2H3;1H,(H,2,3);3*1H4/t19-,20?;;;;/m0..../s1. The van der Waals surface area contributed by atoms with Crippen molar-refractivity contribution >= 4 is 6.47 Å². The Labute approximate surface area is 167 Å². The Morgan fingerprint density at radius 3 is 1.35 bits per heavy atom. The molecule has 2 atom stereocenters. The van der Waals surface area contributed by atoms with Crippen LogP contribution in [0.4, 0.5) is 0 Å². The first-order valence-corrected chi connectivity index (χ1v) is 10.4. The van der Waals surface area contributed by atoms with Crippen LogP contribution in [0.25, 0.3) is 0 Å². The second kappa shape index (κ2) is 26.7. The maximum Gasteiger partial charge on any atom is 0.290 e. The highest BCUT2D eigenvalue weighted by Crippen LogP contribution is 2.38. The minimum atomic E-state index is -0.250. The third-order valence-electron chi connectivity index (χ3n) is 5.42. The van der Waals surface area contributed by atoms with Gasteiger partial charge in [0, 0.05) is 0 Å². The van der Waals surface area contributed by atoms with Crippen molar-refractivity contribution < 1.29 is 9.90 Å². The second-order valence-corrected chi connectivity index (χ2v) is 7.32. The van der Waals surface area contributed by atoms with Gasteiger partial charge in [0.05, 0.1) is 0 Å². The molecule has 1 aliphatic carbocycles. The quantitative estimate of drug-likeness (QED) is 0.258. The molecule has 2 heteroatoms. The Balaban J connectivity index is -0.000000376. The van der Waals surface area contributed by atoms with Crippen molar-refractivity contribution in [1.82, 2.24) is 0 Å². The molecule has 1 aliphatic rings. The van der Waals surface area contributed by atoms with Crippen LogP contribution in [0.3, 0.4) is 0 Å². The highest BCUT2D eigenvalue weighted by Gasteiger charge is 2.25. The lowest BCUT2D eigenvalue weighted by Gasteiger charge is -2.19. The fourth-order valence-corrected chi connectivity index (χ4v) is 4.07. The maximum atomic E-state index is 8.36. The number of rotatable bonds is 13. The van der Waals surface area contributed by atoms with E-state index < -0.39 is 0 Å². The van der Waals surface area contributed by atoms with Gasteiger partial charge in [0.1, 0.15) is 0 Å². The van der Waals surface area contributed by atoms with Gasteiger partial charge in [0.15, 0.2) is 0 Å². The highest BCUT2D eigenvalue weighted by atomic mass is 16.3. The molecule has 1 N–H and O–H groups in total. The summed E-state index contributed by atoms with van der Waals surface area (Å²) in [5.74, 6) is 2.21. The van der Waals surface area contributed by atoms with Gasteiger partial charge in [-0.2, -0.15) is 0 Å². The highest BCUT2D eigenvalue weighted by molar-refractivity contribution is 5.32. The van der Waals surface area contributed by atoms with Crippen molar-refractivity contribution in [2.75, 3.05) is 0 Å². The molecule has 26 heavy (non-hydrogen) atoms. The molecule has 0 radical (unpaired) electrons. The lowest BCUT2D eigenvalue weighted by Crippen LogP contribution is -2.08. The molecule has 1 unspecified atom stereocenters. The zero-order valence-electron chi connectivity index (χ0n) is 15.9. The van der Waals surface area contributed by atoms with E-state index >= 15 is 0 Å². The van der Waals surface area contributed by atoms with Crippen LogP contribution in [-0.4, -0.2) is 11.6 Å². The number of carbonyl (C=O) groups is 1. The Kier molecular flexibility index (Phi) is 34.0. The smallest absolute Gasteiger partial charge is 0.290 e. The number of unbranched alkanes of at least 4 members (excludes halogenated alkanes) is 9. The Bertz CT molecular complexity index is 240. The molecule has 1 saturated carbocycles. The van der Waals surface area contributed by atoms with Gasteiger partial charge < -0.3 is 5.11 Å². The summed E-state index contributed by atoms with van der Waals surface area (Å²) in [6, 6.07) is 0. The average molecular weight is 375 g/mol. The molecule has 0 amide bonds. The molecule has 0 heterocycles. The summed E-state index contributed by atoms with van der Waals surface area (Å²) in [6.45, 7) is 4.37. The lowest BCUT2D eigenvalue weighted by molar-refractivity contribution is -0.122. The Hall–Kier alpha value is -0.530. The van der Waals surface area contributed by atoms with Crippen LogP contribution >= 0.6 is 0 Å². The minimum Gasteiger partial charge on any atom is -0.483 e. The molecular weight excluding hydrogens is 320 g/mol. The Morgan fingerprint density at radius 2 is 1.00 bits per heavy atom. The molecule has 0 spiro atoms. The van der Waals surface area contributed by atoms with E-state index in [2.05, 4.69) is 13.8 Å². The van der Waals surface area contributed by atoms with Gasteiger partial charge in [-0.05, 0) is 11.8 Å².